The lowest BCUT2D eigenvalue weighted by molar-refractivity contribution is -0.384. The highest BCUT2D eigenvalue weighted by Gasteiger charge is 2.18. The second-order valence-corrected chi connectivity index (χ2v) is 4.52. The highest BCUT2D eigenvalue weighted by molar-refractivity contribution is 6.32. The molecule has 0 amide bonds. The van der Waals surface area contributed by atoms with Crippen LogP contribution in [-0.4, -0.2) is 25.1 Å². The molecule has 2 aromatic rings. The smallest absolute Gasteiger partial charge is 0.258 e. The molecule has 7 nitrogen and oxygen atoms in total. The number of alkyl halides is 1. The number of hydrogen-bond donors (Lipinski definition) is 0. The average Bonchev–Trinajstić information content (AvgIpc) is 2.78. The summed E-state index contributed by atoms with van der Waals surface area (Å²) in [6.45, 7) is 1.70. The summed E-state index contributed by atoms with van der Waals surface area (Å²) < 4.78 is 1.33. The molecule has 0 bridgehead atoms. The van der Waals surface area contributed by atoms with E-state index in [0.717, 1.165) is 0 Å². The van der Waals surface area contributed by atoms with Gasteiger partial charge in [0, 0.05) is 6.07 Å². The third-order valence-corrected chi connectivity index (χ3v) is 2.74. The number of nitro groups is 1. The number of tetrazole rings is 1. The van der Waals surface area contributed by atoms with Crippen molar-refractivity contribution in [2.75, 3.05) is 0 Å². The summed E-state index contributed by atoms with van der Waals surface area (Å²) in [7, 11) is 0. The van der Waals surface area contributed by atoms with Crippen LogP contribution in [0.1, 0.15) is 18.1 Å². The third-order valence-electron chi connectivity index (χ3n) is 2.22. The quantitative estimate of drug-likeness (QED) is 0.492. The van der Waals surface area contributed by atoms with Crippen LogP contribution in [0.2, 0.25) is 5.02 Å². The van der Waals surface area contributed by atoms with Crippen LogP contribution in [0, 0.1) is 10.1 Å². The van der Waals surface area contributed by atoms with Crippen LogP contribution in [0.15, 0.2) is 18.2 Å². The molecule has 0 N–H and O–H groups in total. The fourth-order valence-electron chi connectivity index (χ4n) is 1.40. The zero-order chi connectivity index (χ0) is 13.3. The summed E-state index contributed by atoms with van der Waals surface area (Å²) in [5, 5.41) is 21.4. The maximum atomic E-state index is 10.8. The molecule has 0 aliphatic carbocycles. The first-order chi connectivity index (χ1) is 8.50. The van der Waals surface area contributed by atoms with E-state index in [4.69, 9.17) is 23.2 Å². The van der Waals surface area contributed by atoms with Gasteiger partial charge in [0.15, 0.2) is 5.82 Å². The van der Waals surface area contributed by atoms with Gasteiger partial charge in [-0.05, 0) is 29.5 Å². The Morgan fingerprint density at radius 1 is 1.50 bits per heavy atom. The molecule has 2 rings (SSSR count). The molecule has 0 radical (unpaired) electrons. The van der Waals surface area contributed by atoms with Gasteiger partial charge in [-0.2, -0.15) is 4.68 Å². The van der Waals surface area contributed by atoms with Crippen LogP contribution in [0.5, 0.6) is 0 Å². The van der Waals surface area contributed by atoms with Crippen LogP contribution >= 0.6 is 23.2 Å². The Kier molecular flexibility index (Phi) is 3.44. The molecule has 0 aliphatic rings. The summed E-state index contributed by atoms with van der Waals surface area (Å²) in [6, 6.07) is 4.29. The molecular formula is C9H7Cl2N5O2. The maximum Gasteiger partial charge on any atom is 0.290 e. The summed E-state index contributed by atoms with van der Waals surface area (Å²) in [5.41, 5.74) is 0.219. The van der Waals surface area contributed by atoms with Gasteiger partial charge in [0.05, 0.1) is 16.0 Å². The Balaban J connectivity index is 2.54. The van der Waals surface area contributed by atoms with Gasteiger partial charge in [0.1, 0.15) is 5.02 Å². The summed E-state index contributed by atoms with van der Waals surface area (Å²) in [5.74, 6) is 0.397. The molecule has 18 heavy (non-hydrogen) atoms. The number of rotatable bonds is 3. The Labute approximate surface area is 111 Å². The van der Waals surface area contributed by atoms with Crippen LogP contribution in [0.3, 0.4) is 0 Å². The number of aromatic nitrogens is 4. The Hall–Kier alpha value is -1.73. The zero-order valence-corrected chi connectivity index (χ0v) is 10.6. The molecule has 1 aromatic carbocycles. The number of nitrogens with zero attached hydrogens (tertiary/aromatic N) is 5. The van der Waals surface area contributed by atoms with Gasteiger partial charge in [-0.1, -0.05) is 11.6 Å². The summed E-state index contributed by atoms with van der Waals surface area (Å²) in [4.78, 5) is 10.2. The molecule has 0 saturated carbocycles. The third kappa shape index (κ3) is 2.27. The maximum absolute atomic E-state index is 10.8. The Bertz CT molecular complexity index is 598. The molecule has 1 heterocycles. The van der Waals surface area contributed by atoms with E-state index in [1.807, 2.05) is 0 Å². The normalized spacial score (nSPS) is 12.4. The van der Waals surface area contributed by atoms with Crippen molar-refractivity contribution in [2.24, 2.45) is 0 Å². The number of benzene rings is 1. The van der Waals surface area contributed by atoms with Crippen LogP contribution in [0.25, 0.3) is 5.69 Å². The number of hydrogen-bond acceptors (Lipinski definition) is 5. The van der Waals surface area contributed by atoms with E-state index < -0.39 is 10.3 Å². The van der Waals surface area contributed by atoms with E-state index in [2.05, 4.69) is 15.5 Å². The topological polar surface area (TPSA) is 86.7 Å². The molecule has 0 saturated heterocycles. The molecule has 0 spiro atoms. The second kappa shape index (κ2) is 4.87. The lowest BCUT2D eigenvalue weighted by Crippen LogP contribution is -2.04. The first-order valence-electron chi connectivity index (χ1n) is 4.87. The molecule has 0 fully saturated rings. The van der Waals surface area contributed by atoms with Crippen molar-refractivity contribution >= 4 is 28.9 Å². The largest absolute Gasteiger partial charge is 0.290 e. The van der Waals surface area contributed by atoms with E-state index in [0.29, 0.717) is 11.5 Å². The van der Waals surface area contributed by atoms with E-state index in [-0.39, 0.29) is 10.7 Å². The fourth-order valence-corrected chi connectivity index (χ4v) is 1.72. The van der Waals surface area contributed by atoms with Crippen LogP contribution < -0.4 is 0 Å². The lowest BCUT2D eigenvalue weighted by Gasteiger charge is -2.05. The zero-order valence-electron chi connectivity index (χ0n) is 9.12. The first kappa shape index (κ1) is 12.7. The molecular weight excluding hydrogens is 281 g/mol. The number of halogens is 2. The highest BCUT2D eigenvalue weighted by Crippen LogP contribution is 2.27. The van der Waals surface area contributed by atoms with Gasteiger partial charge in [-0.15, -0.1) is 16.7 Å². The van der Waals surface area contributed by atoms with Crippen molar-refractivity contribution in [2.45, 2.75) is 12.3 Å². The van der Waals surface area contributed by atoms with E-state index in [9.17, 15) is 10.1 Å². The first-order valence-corrected chi connectivity index (χ1v) is 5.69. The Morgan fingerprint density at radius 3 is 2.83 bits per heavy atom. The molecule has 94 valence electrons. The van der Waals surface area contributed by atoms with Crippen LogP contribution in [0.4, 0.5) is 5.69 Å². The minimum absolute atomic E-state index is 0.0531. The van der Waals surface area contributed by atoms with Gasteiger partial charge in [0.2, 0.25) is 0 Å². The molecule has 1 atom stereocenters. The van der Waals surface area contributed by atoms with Gasteiger partial charge in [-0.25, -0.2) is 0 Å². The SMILES string of the molecule is CC(Cl)c1nnnn1-c1ccc(Cl)c([N+](=O)[O-])c1. The summed E-state index contributed by atoms with van der Waals surface area (Å²) in [6.07, 6.45) is 0. The summed E-state index contributed by atoms with van der Waals surface area (Å²) >= 11 is 11.6. The second-order valence-electron chi connectivity index (χ2n) is 3.46. The van der Waals surface area contributed by atoms with Gasteiger partial charge >= 0.3 is 0 Å². The van der Waals surface area contributed by atoms with Gasteiger partial charge < -0.3 is 0 Å². The standard InChI is InChI=1S/C9H7Cl2N5O2/c1-5(10)9-12-13-14-15(9)6-2-3-7(11)8(4-6)16(17)18/h2-5H,1H3. The van der Waals surface area contributed by atoms with Crippen LogP contribution in [-0.2, 0) is 0 Å². The molecule has 9 heteroatoms. The molecule has 1 aromatic heterocycles. The van der Waals surface area contributed by atoms with Crippen molar-refractivity contribution in [3.63, 3.8) is 0 Å². The van der Waals surface area contributed by atoms with E-state index in [1.54, 1.807) is 13.0 Å². The lowest BCUT2D eigenvalue weighted by atomic mass is 10.2. The molecule has 0 aliphatic heterocycles. The highest BCUT2D eigenvalue weighted by atomic mass is 35.5. The van der Waals surface area contributed by atoms with Gasteiger partial charge in [0.25, 0.3) is 5.69 Å². The van der Waals surface area contributed by atoms with Crippen molar-refractivity contribution in [3.8, 4) is 5.69 Å². The van der Waals surface area contributed by atoms with Gasteiger partial charge in [-0.3, -0.25) is 10.1 Å². The van der Waals surface area contributed by atoms with Crippen molar-refractivity contribution < 1.29 is 4.92 Å². The minimum atomic E-state index is -0.569. The minimum Gasteiger partial charge on any atom is -0.258 e. The number of nitro benzene ring substituents is 1. The molecule has 1 unspecified atom stereocenters. The Morgan fingerprint density at radius 2 is 2.22 bits per heavy atom. The van der Waals surface area contributed by atoms with E-state index >= 15 is 0 Å². The predicted molar refractivity (Wildman–Crippen MR) is 65.1 cm³/mol. The van der Waals surface area contributed by atoms with Crippen molar-refractivity contribution in [1.82, 2.24) is 20.2 Å². The fraction of sp³-hybridized carbons (Fsp3) is 0.222. The predicted octanol–water partition coefficient (Wildman–Crippen LogP) is 2.52. The van der Waals surface area contributed by atoms with E-state index in [1.165, 1.54) is 16.8 Å². The average molecular weight is 288 g/mol. The monoisotopic (exact) mass is 287 g/mol. The van der Waals surface area contributed by atoms with Crippen molar-refractivity contribution in [1.29, 1.82) is 0 Å². The van der Waals surface area contributed by atoms with Crippen molar-refractivity contribution in [3.05, 3.63) is 39.2 Å².